The number of nitrogens with one attached hydrogen (secondary N) is 1. The fraction of sp³-hybridized carbons (Fsp3) is 0.0625. The first kappa shape index (κ1) is 17.8. The number of thiophene rings is 1. The van der Waals surface area contributed by atoms with Crippen LogP contribution in [0.15, 0.2) is 42.0 Å². The van der Waals surface area contributed by atoms with Crippen LogP contribution in [0.3, 0.4) is 0 Å². The molecule has 1 amide bonds. The lowest BCUT2D eigenvalue weighted by molar-refractivity contribution is -0.137. The maximum atomic E-state index is 13.7. The summed E-state index contributed by atoms with van der Waals surface area (Å²) in [4.78, 5) is 20.1. The molecule has 3 rings (SSSR count). The Morgan fingerprint density at radius 2 is 1.81 bits per heavy atom. The van der Waals surface area contributed by atoms with E-state index in [0.29, 0.717) is 29.3 Å². The van der Waals surface area contributed by atoms with Crippen LogP contribution < -0.4 is 11.1 Å². The molecule has 0 radical (unpaired) electrons. The highest BCUT2D eigenvalue weighted by molar-refractivity contribution is 7.12. The van der Waals surface area contributed by atoms with E-state index in [2.05, 4.69) is 15.3 Å². The van der Waals surface area contributed by atoms with Gasteiger partial charge in [0.05, 0.1) is 16.1 Å². The molecule has 0 unspecified atom stereocenters. The van der Waals surface area contributed by atoms with Crippen molar-refractivity contribution in [3.8, 4) is 11.1 Å². The second kappa shape index (κ2) is 6.71. The molecule has 1 aromatic carbocycles. The van der Waals surface area contributed by atoms with E-state index in [1.807, 2.05) is 0 Å². The normalized spacial score (nSPS) is 11.4. The number of alkyl halides is 3. The predicted octanol–water partition coefficient (Wildman–Crippen LogP) is 4.20. The SMILES string of the molecule is Nc1ncc(-c2csc(C(=O)Nc3cc(C(F)(F)F)ccc3F)c2)cn1. The summed E-state index contributed by atoms with van der Waals surface area (Å²) in [7, 11) is 0. The summed E-state index contributed by atoms with van der Waals surface area (Å²) in [6.45, 7) is 0. The Labute approximate surface area is 148 Å². The molecule has 5 nitrogen and oxygen atoms in total. The molecule has 0 aliphatic heterocycles. The number of hydrogen-bond donors (Lipinski definition) is 2. The van der Waals surface area contributed by atoms with Gasteiger partial charge in [-0.05, 0) is 35.2 Å². The molecular weight excluding hydrogens is 372 g/mol. The molecule has 0 bridgehead atoms. The summed E-state index contributed by atoms with van der Waals surface area (Å²) in [5.74, 6) is -1.59. The zero-order valence-electron chi connectivity index (χ0n) is 12.8. The van der Waals surface area contributed by atoms with Gasteiger partial charge in [-0.25, -0.2) is 14.4 Å². The molecule has 3 N–H and O–H groups in total. The van der Waals surface area contributed by atoms with Crippen LogP contribution in [0.25, 0.3) is 11.1 Å². The third-order valence-corrected chi connectivity index (χ3v) is 4.30. The summed E-state index contributed by atoms with van der Waals surface area (Å²) in [5, 5.41) is 3.80. The van der Waals surface area contributed by atoms with Crippen molar-refractivity contribution in [2.75, 3.05) is 11.1 Å². The molecule has 2 heterocycles. The fourth-order valence-corrected chi connectivity index (χ4v) is 2.89. The van der Waals surface area contributed by atoms with Gasteiger partial charge in [0.2, 0.25) is 5.95 Å². The van der Waals surface area contributed by atoms with Gasteiger partial charge in [0.25, 0.3) is 5.91 Å². The molecule has 10 heteroatoms. The summed E-state index contributed by atoms with van der Waals surface area (Å²) in [5.41, 5.74) is 5.04. The minimum absolute atomic E-state index is 0.0990. The van der Waals surface area contributed by atoms with E-state index in [1.165, 1.54) is 18.5 Å². The van der Waals surface area contributed by atoms with Crippen LogP contribution >= 0.6 is 11.3 Å². The molecule has 0 atom stereocenters. The van der Waals surface area contributed by atoms with Gasteiger partial charge >= 0.3 is 6.18 Å². The molecule has 0 spiro atoms. The highest BCUT2D eigenvalue weighted by atomic mass is 32.1. The third-order valence-electron chi connectivity index (χ3n) is 3.37. The number of halogens is 4. The van der Waals surface area contributed by atoms with Crippen molar-refractivity contribution in [2.45, 2.75) is 6.18 Å². The van der Waals surface area contributed by atoms with Crippen LogP contribution in [0.5, 0.6) is 0 Å². The van der Waals surface area contributed by atoms with Crippen LogP contribution in [0.4, 0.5) is 29.2 Å². The number of nitrogen functional groups attached to an aromatic ring is 1. The Morgan fingerprint density at radius 1 is 1.12 bits per heavy atom. The number of rotatable bonds is 3. The highest BCUT2D eigenvalue weighted by Crippen LogP contribution is 2.32. The second-order valence-electron chi connectivity index (χ2n) is 5.18. The van der Waals surface area contributed by atoms with E-state index < -0.39 is 29.2 Å². The minimum Gasteiger partial charge on any atom is -0.368 e. The van der Waals surface area contributed by atoms with Crippen molar-refractivity contribution < 1.29 is 22.4 Å². The van der Waals surface area contributed by atoms with Gasteiger partial charge in [0.1, 0.15) is 5.82 Å². The number of nitrogens with zero attached hydrogens (tertiary/aromatic N) is 2. The monoisotopic (exact) mass is 382 g/mol. The lowest BCUT2D eigenvalue weighted by Gasteiger charge is -2.10. The number of carbonyl (C=O) groups excluding carboxylic acids is 1. The predicted molar refractivity (Wildman–Crippen MR) is 89.1 cm³/mol. The second-order valence-corrected chi connectivity index (χ2v) is 6.09. The Morgan fingerprint density at radius 3 is 2.46 bits per heavy atom. The number of carbonyl (C=O) groups is 1. The van der Waals surface area contributed by atoms with E-state index in [9.17, 15) is 22.4 Å². The van der Waals surface area contributed by atoms with Crippen molar-refractivity contribution >= 4 is 28.9 Å². The maximum Gasteiger partial charge on any atom is 0.416 e. The molecular formula is C16H10F4N4OS. The lowest BCUT2D eigenvalue weighted by Crippen LogP contribution is -2.13. The van der Waals surface area contributed by atoms with Gasteiger partial charge in [-0.2, -0.15) is 13.2 Å². The van der Waals surface area contributed by atoms with Gasteiger partial charge in [0, 0.05) is 18.0 Å². The molecule has 26 heavy (non-hydrogen) atoms. The van der Waals surface area contributed by atoms with Crippen LogP contribution in [0, 0.1) is 5.82 Å². The fourth-order valence-electron chi connectivity index (χ4n) is 2.08. The van der Waals surface area contributed by atoms with Crippen molar-refractivity contribution in [1.29, 1.82) is 0 Å². The van der Waals surface area contributed by atoms with E-state index >= 15 is 0 Å². The van der Waals surface area contributed by atoms with Gasteiger partial charge < -0.3 is 11.1 Å². The Kier molecular flexibility index (Phi) is 4.60. The van der Waals surface area contributed by atoms with Crippen molar-refractivity contribution in [3.05, 3.63) is 58.3 Å². The quantitative estimate of drug-likeness (QED) is 0.666. The van der Waals surface area contributed by atoms with Crippen LogP contribution in [-0.4, -0.2) is 15.9 Å². The number of benzene rings is 1. The van der Waals surface area contributed by atoms with Crippen molar-refractivity contribution in [3.63, 3.8) is 0 Å². The number of amides is 1. The zero-order valence-corrected chi connectivity index (χ0v) is 13.7. The van der Waals surface area contributed by atoms with Gasteiger partial charge in [0.15, 0.2) is 0 Å². The van der Waals surface area contributed by atoms with Crippen molar-refractivity contribution in [2.24, 2.45) is 0 Å². The first-order valence-corrected chi connectivity index (χ1v) is 7.96. The first-order valence-electron chi connectivity index (χ1n) is 7.08. The molecule has 0 aliphatic carbocycles. The topological polar surface area (TPSA) is 80.9 Å². The Balaban J connectivity index is 1.82. The van der Waals surface area contributed by atoms with Crippen LogP contribution in [0.1, 0.15) is 15.2 Å². The molecule has 0 aliphatic rings. The number of nitrogens with two attached hydrogens (primary N) is 1. The van der Waals surface area contributed by atoms with Crippen LogP contribution in [0.2, 0.25) is 0 Å². The molecule has 2 aromatic heterocycles. The van der Waals surface area contributed by atoms with E-state index in [0.717, 1.165) is 11.3 Å². The molecule has 0 saturated carbocycles. The summed E-state index contributed by atoms with van der Waals surface area (Å²) < 4.78 is 51.9. The van der Waals surface area contributed by atoms with Gasteiger partial charge in [-0.3, -0.25) is 4.79 Å². The highest BCUT2D eigenvalue weighted by Gasteiger charge is 2.31. The van der Waals surface area contributed by atoms with Crippen molar-refractivity contribution in [1.82, 2.24) is 9.97 Å². The molecule has 134 valence electrons. The van der Waals surface area contributed by atoms with Gasteiger partial charge in [-0.15, -0.1) is 11.3 Å². The first-order chi connectivity index (χ1) is 12.2. The standard InChI is InChI=1S/C16H10F4N4OS/c17-11-2-1-10(16(18,19)20)4-12(11)24-14(25)13-3-8(7-26-13)9-5-22-15(21)23-6-9/h1-7H,(H,24,25)(H2,21,22,23). The number of hydrogen-bond acceptors (Lipinski definition) is 5. The largest absolute Gasteiger partial charge is 0.416 e. The summed E-state index contributed by atoms with van der Waals surface area (Å²) >= 11 is 1.05. The smallest absolute Gasteiger partial charge is 0.368 e. The molecule has 0 fully saturated rings. The Hall–Kier alpha value is -3.01. The molecule has 3 aromatic rings. The average Bonchev–Trinajstić information content (AvgIpc) is 3.06. The number of aromatic nitrogens is 2. The van der Waals surface area contributed by atoms with Gasteiger partial charge in [-0.1, -0.05) is 0 Å². The minimum atomic E-state index is -4.64. The summed E-state index contributed by atoms with van der Waals surface area (Å²) in [6.07, 6.45) is -1.70. The zero-order chi connectivity index (χ0) is 18.9. The number of anilines is 2. The van der Waals surface area contributed by atoms with E-state index in [-0.39, 0.29) is 10.8 Å². The molecule has 0 saturated heterocycles. The van der Waals surface area contributed by atoms with E-state index in [4.69, 9.17) is 5.73 Å². The Bertz CT molecular complexity index is 954. The average molecular weight is 382 g/mol. The lowest BCUT2D eigenvalue weighted by atomic mass is 10.1. The maximum absolute atomic E-state index is 13.7. The summed E-state index contributed by atoms with van der Waals surface area (Å²) in [6, 6.07) is 3.31. The third kappa shape index (κ3) is 3.80. The van der Waals surface area contributed by atoms with Crippen LogP contribution in [-0.2, 0) is 6.18 Å². The van der Waals surface area contributed by atoms with E-state index in [1.54, 1.807) is 5.38 Å².